The van der Waals surface area contributed by atoms with E-state index in [2.05, 4.69) is 0 Å². The van der Waals surface area contributed by atoms with Crippen LogP contribution in [-0.2, 0) is 10.0 Å². The Labute approximate surface area is 155 Å². The van der Waals surface area contributed by atoms with Crippen LogP contribution in [0.1, 0.15) is 27.4 Å². The summed E-state index contributed by atoms with van der Waals surface area (Å²) >= 11 is 1.12. The summed E-state index contributed by atoms with van der Waals surface area (Å²) in [5.41, 5.74) is 0. The molecule has 0 amide bonds. The van der Waals surface area contributed by atoms with Crippen LogP contribution >= 0.6 is 11.3 Å². The molecule has 1 aromatic carbocycles. The Morgan fingerprint density at radius 1 is 1.15 bits per heavy atom. The number of rotatable bonds is 4. The summed E-state index contributed by atoms with van der Waals surface area (Å²) < 4.78 is 42.8. The SMILES string of the molecule is Cc1sc(C(=O)Oc2ccc3c(c2)OCO3)cc1S(=O)(=O)N1CCCC1. The van der Waals surface area contributed by atoms with E-state index in [1.807, 2.05) is 0 Å². The Morgan fingerprint density at radius 3 is 2.65 bits per heavy atom. The largest absolute Gasteiger partial charge is 0.454 e. The van der Waals surface area contributed by atoms with Crippen molar-refractivity contribution in [2.75, 3.05) is 19.9 Å². The second-order valence-electron chi connectivity index (χ2n) is 6.05. The van der Waals surface area contributed by atoms with Crippen LogP contribution in [0.2, 0.25) is 0 Å². The summed E-state index contributed by atoms with van der Waals surface area (Å²) in [5.74, 6) is 0.819. The van der Waals surface area contributed by atoms with Gasteiger partial charge in [0.05, 0.1) is 4.90 Å². The fourth-order valence-electron chi connectivity index (χ4n) is 2.99. The summed E-state index contributed by atoms with van der Waals surface area (Å²) in [6, 6.07) is 6.24. The highest BCUT2D eigenvalue weighted by atomic mass is 32.2. The normalized spacial score (nSPS) is 16.8. The molecule has 2 aliphatic rings. The van der Waals surface area contributed by atoms with Crippen LogP contribution in [0.5, 0.6) is 17.2 Å². The Bertz CT molecular complexity index is 960. The molecule has 0 spiro atoms. The maximum absolute atomic E-state index is 12.7. The van der Waals surface area contributed by atoms with Crippen molar-refractivity contribution < 1.29 is 27.4 Å². The second kappa shape index (κ2) is 6.57. The maximum atomic E-state index is 12.7. The molecule has 26 heavy (non-hydrogen) atoms. The minimum Gasteiger partial charge on any atom is -0.454 e. The molecule has 1 aromatic heterocycles. The van der Waals surface area contributed by atoms with E-state index in [1.165, 1.54) is 10.4 Å². The van der Waals surface area contributed by atoms with Gasteiger partial charge < -0.3 is 14.2 Å². The molecule has 0 saturated carbocycles. The highest BCUT2D eigenvalue weighted by molar-refractivity contribution is 7.89. The molecule has 2 aromatic rings. The third kappa shape index (κ3) is 3.06. The Kier molecular flexibility index (Phi) is 4.37. The molecule has 3 heterocycles. The van der Waals surface area contributed by atoms with Gasteiger partial charge in [-0.25, -0.2) is 13.2 Å². The van der Waals surface area contributed by atoms with Gasteiger partial charge in [0.2, 0.25) is 16.8 Å². The number of carbonyl (C=O) groups is 1. The van der Waals surface area contributed by atoms with Gasteiger partial charge in [0.1, 0.15) is 10.6 Å². The number of esters is 1. The standard InChI is InChI=1S/C17H17NO6S2/c1-11-16(26(20,21)18-6-2-3-7-18)9-15(25-11)17(19)24-12-4-5-13-14(8-12)23-10-22-13/h4-5,8-9H,2-3,6-7,10H2,1H3. The Balaban J connectivity index is 1.56. The molecule has 138 valence electrons. The van der Waals surface area contributed by atoms with E-state index in [1.54, 1.807) is 25.1 Å². The summed E-state index contributed by atoms with van der Waals surface area (Å²) in [6.07, 6.45) is 1.73. The van der Waals surface area contributed by atoms with Crippen LogP contribution in [0.25, 0.3) is 0 Å². The van der Waals surface area contributed by atoms with Gasteiger partial charge >= 0.3 is 5.97 Å². The summed E-state index contributed by atoms with van der Waals surface area (Å²) in [7, 11) is -3.56. The minimum atomic E-state index is -3.56. The van der Waals surface area contributed by atoms with Crippen LogP contribution in [-0.4, -0.2) is 38.6 Å². The third-order valence-electron chi connectivity index (χ3n) is 4.31. The first kappa shape index (κ1) is 17.3. The smallest absolute Gasteiger partial charge is 0.353 e. The Hall–Kier alpha value is -2.10. The van der Waals surface area contributed by atoms with Crippen molar-refractivity contribution in [3.8, 4) is 17.2 Å². The highest BCUT2D eigenvalue weighted by Gasteiger charge is 2.31. The second-order valence-corrected chi connectivity index (χ2v) is 9.21. The van der Waals surface area contributed by atoms with Crippen LogP contribution < -0.4 is 14.2 Å². The van der Waals surface area contributed by atoms with Crippen molar-refractivity contribution >= 4 is 27.3 Å². The van der Waals surface area contributed by atoms with Gasteiger partial charge in [-0.1, -0.05) is 0 Å². The van der Waals surface area contributed by atoms with Crippen LogP contribution in [0.3, 0.4) is 0 Å². The van der Waals surface area contributed by atoms with Crippen molar-refractivity contribution in [2.45, 2.75) is 24.7 Å². The number of aryl methyl sites for hydroxylation is 1. The summed E-state index contributed by atoms with van der Waals surface area (Å²) in [5, 5.41) is 0. The molecule has 0 unspecified atom stereocenters. The lowest BCUT2D eigenvalue weighted by Gasteiger charge is -2.14. The van der Waals surface area contributed by atoms with Crippen molar-refractivity contribution in [1.82, 2.24) is 4.31 Å². The van der Waals surface area contributed by atoms with Gasteiger partial charge in [-0.15, -0.1) is 11.3 Å². The number of benzene rings is 1. The van der Waals surface area contributed by atoms with Crippen LogP contribution in [0.15, 0.2) is 29.2 Å². The quantitative estimate of drug-likeness (QED) is 0.585. The average Bonchev–Trinajstić information content (AvgIpc) is 3.34. The molecule has 1 fully saturated rings. The lowest BCUT2D eigenvalue weighted by molar-refractivity contribution is 0.0739. The number of sulfonamides is 1. The molecular weight excluding hydrogens is 378 g/mol. The van der Waals surface area contributed by atoms with Gasteiger partial charge in [0.25, 0.3) is 0 Å². The van der Waals surface area contributed by atoms with E-state index in [-0.39, 0.29) is 16.6 Å². The predicted octanol–water partition coefficient (Wildman–Crippen LogP) is 2.79. The first-order valence-corrected chi connectivity index (χ1v) is 10.4. The molecule has 0 bridgehead atoms. The molecule has 7 nitrogen and oxygen atoms in total. The van der Waals surface area contributed by atoms with E-state index < -0.39 is 16.0 Å². The van der Waals surface area contributed by atoms with Crippen molar-refractivity contribution in [2.24, 2.45) is 0 Å². The topological polar surface area (TPSA) is 82.1 Å². The molecule has 4 rings (SSSR count). The van der Waals surface area contributed by atoms with Gasteiger partial charge in [-0.2, -0.15) is 4.31 Å². The molecule has 0 atom stereocenters. The number of thiophene rings is 1. The fraction of sp³-hybridized carbons (Fsp3) is 0.353. The van der Waals surface area contributed by atoms with Crippen LogP contribution in [0, 0.1) is 6.92 Å². The lowest BCUT2D eigenvalue weighted by atomic mass is 10.3. The molecule has 0 N–H and O–H groups in total. The number of hydrogen-bond donors (Lipinski definition) is 0. The van der Waals surface area contributed by atoms with E-state index in [9.17, 15) is 13.2 Å². The van der Waals surface area contributed by atoms with Crippen molar-refractivity contribution in [3.63, 3.8) is 0 Å². The zero-order chi connectivity index (χ0) is 18.3. The molecule has 0 aliphatic carbocycles. The van der Waals surface area contributed by atoms with Gasteiger partial charge in [0, 0.05) is 24.0 Å². The van der Waals surface area contributed by atoms with E-state index in [0.29, 0.717) is 35.2 Å². The van der Waals surface area contributed by atoms with Crippen LogP contribution in [0.4, 0.5) is 0 Å². The monoisotopic (exact) mass is 395 g/mol. The first-order valence-electron chi connectivity index (χ1n) is 8.17. The Morgan fingerprint density at radius 2 is 1.88 bits per heavy atom. The minimum absolute atomic E-state index is 0.134. The van der Waals surface area contributed by atoms with Gasteiger partial charge in [-0.3, -0.25) is 0 Å². The van der Waals surface area contributed by atoms with E-state index >= 15 is 0 Å². The zero-order valence-electron chi connectivity index (χ0n) is 14.1. The summed E-state index contributed by atoms with van der Waals surface area (Å²) in [4.78, 5) is 13.4. The van der Waals surface area contributed by atoms with Gasteiger partial charge in [-0.05, 0) is 38.0 Å². The molecule has 2 aliphatic heterocycles. The van der Waals surface area contributed by atoms with Crippen molar-refractivity contribution in [1.29, 1.82) is 0 Å². The van der Waals surface area contributed by atoms with Crippen molar-refractivity contribution in [3.05, 3.63) is 34.0 Å². The number of carbonyl (C=O) groups excluding carboxylic acids is 1. The van der Waals surface area contributed by atoms with E-state index in [0.717, 1.165) is 24.2 Å². The molecular formula is C17H17NO6S2. The predicted molar refractivity (Wildman–Crippen MR) is 94.6 cm³/mol. The van der Waals surface area contributed by atoms with Gasteiger partial charge in [0.15, 0.2) is 11.5 Å². The number of hydrogen-bond acceptors (Lipinski definition) is 7. The summed E-state index contributed by atoms with van der Waals surface area (Å²) in [6.45, 7) is 2.88. The molecule has 0 radical (unpaired) electrons. The number of ether oxygens (including phenoxy) is 3. The first-order chi connectivity index (χ1) is 12.4. The third-order valence-corrected chi connectivity index (χ3v) is 7.50. The van der Waals surface area contributed by atoms with E-state index in [4.69, 9.17) is 14.2 Å². The lowest BCUT2D eigenvalue weighted by Crippen LogP contribution is -2.28. The fourth-order valence-corrected chi connectivity index (χ4v) is 5.94. The average molecular weight is 395 g/mol. The number of fused-ring (bicyclic) bond motifs is 1. The maximum Gasteiger partial charge on any atom is 0.353 e. The zero-order valence-corrected chi connectivity index (χ0v) is 15.7. The molecule has 9 heteroatoms. The number of nitrogens with zero attached hydrogens (tertiary/aromatic N) is 1. The highest BCUT2D eigenvalue weighted by Crippen LogP contribution is 2.36. The molecule has 1 saturated heterocycles.